The Balaban J connectivity index is 2.24. The van der Waals surface area contributed by atoms with Crippen LogP contribution in [0.4, 0.5) is 13.2 Å². The highest BCUT2D eigenvalue weighted by atomic mass is 79.9. The van der Waals surface area contributed by atoms with Gasteiger partial charge in [0.1, 0.15) is 30.1 Å². The number of ether oxygens (including phenoxy) is 1. The summed E-state index contributed by atoms with van der Waals surface area (Å²) in [6.07, 6.45) is -10.6. The summed E-state index contributed by atoms with van der Waals surface area (Å²) >= 11 is 3.23. The van der Waals surface area contributed by atoms with Crippen molar-refractivity contribution < 1.29 is 47.9 Å². The van der Waals surface area contributed by atoms with Crippen molar-refractivity contribution in [1.29, 1.82) is 5.26 Å². The van der Waals surface area contributed by atoms with Gasteiger partial charge >= 0.3 is 18.1 Å². The number of alkyl halides is 3. The second-order valence-electron chi connectivity index (χ2n) is 7.21. The number of rotatable bonds is 6. The summed E-state index contributed by atoms with van der Waals surface area (Å²) in [6.45, 7) is -1.05. The van der Waals surface area contributed by atoms with Crippen molar-refractivity contribution in [3.8, 4) is 6.07 Å². The zero-order valence-corrected chi connectivity index (χ0v) is 18.4. The van der Waals surface area contributed by atoms with Crippen molar-refractivity contribution >= 4 is 38.7 Å². The SMILES string of the molecule is N#Cc1c2cc(Br)ccc2nn1[C@H]1C=C(C(=O)O)O[C@@H]([C@H](O)[C@H](O)CO)[C@@H]1NC(=O)C(F)(F)F. The monoisotopic (exact) mass is 548 g/mol. The van der Waals surface area contributed by atoms with E-state index in [2.05, 4.69) is 21.0 Å². The normalized spacial score (nSPS) is 22.3. The van der Waals surface area contributed by atoms with Crippen LogP contribution in [0, 0.1) is 11.3 Å². The Hall–Kier alpha value is -3.19. The van der Waals surface area contributed by atoms with Crippen molar-refractivity contribution in [1.82, 2.24) is 15.1 Å². The molecular formula is C19H16BrF3N4O7. The van der Waals surface area contributed by atoms with E-state index < -0.39 is 60.8 Å². The van der Waals surface area contributed by atoms with Crippen molar-refractivity contribution in [2.45, 2.75) is 36.6 Å². The first kappa shape index (κ1) is 25.4. The molecule has 3 rings (SSSR count). The van der Waals surface area contributed by atoms with Gasteiger partial charge in [-0.1, -0.05) is 15.9 Å². The summed E-state index contributed by atoms with van der Waals surface area (Å²) in [5.41, 5.74) is 0.0382. The highest BCUT2D eigenvalue weighted by Gasteiger charge is 2.49. The first-order valence-electron chi connectivity index (χ1n) is 9.43. The number of hydrogen-bond donors (Lipinski definition) is 5. The molecule has 5 atom stereocenters. The Kier molecular flexibility index (Phi) is 7.17. The Morgan fingerprint density at radius 3 is 2.59 bits per heavy atom. The lowest BCUT2D eigenvalue weighted by atomic mass is 9.91. The van der Waals surface area contributed by atoms with Gasteiger partial charge < -0.3 is 30.5 Å². The van der Waals surface area contributed by atoms with Gasteiger partial charge in [0.15, 0.2) is 0 Å². The lowest BCUT2D eigenvalue weighted by molar-refractivity contribution is -0.178. The summed E-state index contributed by atoms with van der Waals surface area (Å²) in [7, 11) is 0. The molecule has 1 aliphatic heterocycles. The van der Waals surface area contributed by atoms with Crippen LogP contribution < -0.4 is 5.32 Å². The number of hydrogen-bond acceptors (Lipinski definition) is 8. The molecule has 1 aliphatic rings. The van der Waals surface area contributed by atoms with Crippen LogP contribution in [0.3, 0.4) is 0 Å². The minimum absolute atomic E-state index is 0.189. The van der Waals surface area contributed by atoms with Gasteiger partial charge in [-0.25, -0.2) is 9.48 Å². The van der Waals surface area contributed by atoms with Gasteiger partial charge in [-0.15, -0.1) is 0 Å². The number of aliphatic carboxylic acids is 1. The molecule has 0 saturated carbocycles. The standard InChI is InChI=1S/C19H16BrF3N4O7/c20-7-1-2-9-8(3-7)11(5-24)27(26-9)10-4-13(17(31)32)34-16(15(30)12(29)6-28)14(10)25-18(33)19(21,22)23/h1-4,10,12,14-16,28-30H,6H2,(H,25,33)(H,31,32)/t10-,12+,14+,15+,16+/m0/s1. The summed E-state index contributed by atoms with van der Waals surface area (Å²) in [4.78, 5) is 23.4. The van der Waals surface area contributed by atoms with E-state index in [0.717, 1.165) is 10.8 Å². The van der Waals surface area contributed by atoms with E-state index in [9.17, 15) is 43.3 Å². The van der Waals surface area contributed by atoms with Crippen molar-refractivity contribution in [3.05, 3.63) is 40.2 Å². The third kappa shape index (κ3) is 4.85. The van der Waals surface area contributed by atoms with Crippen molar-refractivity contribution in [3.63, 3.8) is 0 Å². The molecule has 0 bridgehead atoms. The van der Waals surface area contributed by atoms with Crippen LogP contribution >= 0.6 is 15.9 Å². The van der Waals surface area contributed by atoms with E-state index in [1.54, 1.807) is 11.4 Å². The summed E-state index contributed by atoms with van der Waals surface area (Å²) in [5.74, 6) is -4.98. The number of nitrogens with zero attached hydrogens (tertiary/aromatic N) is 3. The third-order valence-corrected chi connectivity index (χ3v) is 5.53. The quantitative estimate of drug-likeness (QED) is 0.340. The number of nitriles is 1. The third-order valence-electron chi connectivity index (χ3n) is 5.04. The Morgan fingerprint density at radius 1 is 1.35 bits per heavy atom. The molecule has 0 unspecified atom stereocenters. The fraction of sp³-hybridized carbons (Fsp3) is 0.368. The number of aliphatic hydroxyl groups is 3. The van der Waals surface area contributed by atoms with Gasteiger partial charge in [0, 0.05) is 9.86 Å². The maximum atomic E-state index is 13.1. The molecule has 15 heteroatoms. The van der Waals surface area contributed by atoms with Crippen LogP contribution in [-0.2, 0) is 14.3 Å². The minimum Gasteiger partial charge on any atom is -0.478 e. The number of carboxylic acid groups (broad SMARTS) is 1. The second-order valence-corrected chi connectivity index (χ2v) is 8.13. The molecular weight excluding hydrogens is 533 g/mol. The maximum absolute atomic E-state index is 13.1. The highest BCUT2D eigenvalue weighted by molar-refractivity contribution is 9.10. The molecule has 1 aromatic carbocycles. The van der Waals surface area contributed by atoms with E-state index in [-0.39, 0.29) is 16.6 Å². The van der Waals surface area contributed by atoms with Crippen LogP contribution in [0.25, 0.3) is 10.9 Å². The fourth-order valence-electron chi connectivity index (χ4n) is 3.47. The molecule has 1 amide bonds. The number of fused-ring (bicyclic) bond motifs is 1. The van der Waals surface area contributed by atoms with Gasteiger partial charge in [-0.3, -0.25) is 4.79 Å². The highest BCUT2D eigenvalue weighted by Crippen LogP contribution is 2.34. The molecule has 34 heavy (non-hydrogen) atoms. The van der Waals surface area contributed by atoms with Gasteiger partial charge in [0.05, 0.1) is 24.2 Å². The first-order valence-corrected chi connectivity index (χ1v) is 10.2. The van der Waals surface area contributed by atoms with Crippen LogP contribution in [0.5, 0.6) is 0 Å². The van der Waals surface area contributed by atoms with Gasteiger partial charge in [0.25, 0.3) is 0 Å². The number of halogens is 4. The smallest absolute Gasteiger partial charge is 0.471 e. The van der Waals surface area contributed by atoms with Gasteiger partial charge in [-0.05, 0) is 24.3 Å². The average Bonchev–Trinajstić information content (AvgIpc) is 3.14. The maximum Gasteiger partial charge on any atom is 0.471 e. The molecule has 11 nitrogen and oxygen atoms in total. The number of carbonyl (C=O) groups excluding carboxylic acids is 1. The second kappa shape index (κ2) is 9.58. The number of benzene rings is 1. The zero-order valence-electron chi connectivity index (χ0n) is 16.8. The van der Waals surface area contributed by atoms with Gasteiger partial charge in [0.2, 0.25) is 5.76 Å². The summed E-state index contributed by atoms with van der Waals surface area (Å²) < 4.78 is 45.7. The lowest BCUT2D eigenvalue weighted by Crippen LogP contribution is -2.60. The Morgan fingerprint density at radius 2 is 2.03 bits per heavy atom. The summed E-state index contributed by atoms with van der Waals surface area (Å²) in [5, 5.41) is 54.7. The molecule has 0 radical (unpaired) electrons. The largest absolute Gasteiger partial charge is 0.478 e. The fourth-order valence-corrected chi connectivity index (χ4v) is 3.83. The predicted molar refractivity (Wildman–Crippen MR) is 109 cm³/mol. The molecule has 2 aromatic rings. The average molecular weight is 549 g/mol. The van der Waals surface area contributed by atoms with E-state index >= 15 is 0 Å². The molecule has 2 heterocycles. The minimum atomic E-state index is -5.37. The molecule has 0 aliphatic carbocycles. The number of amides is 1. The van der Waals surface area contributed by atoms with E-state index in [1.807, 2.05) is 6.07 Å². The Bertz CT molecular complexity index is 1190. The number of carboxylic acids is 1. The number of nitrogens with one attached hydrogen (secondary N) is 1. The van der Waals surface area contributed by atoms with E-state index in [4.69, 9.17) is 9.84 Å². The molecule has 0 spiro atoms. The van der Waals surface area contributed by atoms with Crippen LogP contribution in [0.15, 0.2) is 34.5 Å². The summed E-state index contributed by atoms with van der Waals surface area (Å²) in [6, 6.07) is 2.95. The zero-order chi connectivity index (χ0) is 25.4. The van der Waals surface area contributed by atoms with Crippen LogP contribution in [-0.4, -0.2) is 79.2 Å². The van der Waals surface area contributed by atoms with E-state index in [0.29, 0.717) is 4.47 Å². The number of aliphatic hydroxyl groups excluding tert-OH is 3. The van der Waals surface area contributed by atoms with Crippen LogP contribution in [0.2, 0.25) is 0 Å². The number of carbonyl (C=O) groups is 2. The van der Waals surface area contributed by atoms with Crippen molar-refractivity contribution in [2.24, 2.45) is 0 Å². The topological polar surface area (TPSA) is 178 Å². The lowest BCUT2D eigenvalue weighted by Gasteiger charge is -2.40. The van der Waals surface area contributed by atoms with Gasteiger partial charge in [-0.2, -0.15) is 23.5 Å². The van der Waals surface area contributed by atoms with Crippen molar-refractivity contribution in [2.75, 3.05) is 6.61 Å². The van der Waals surface area contributed by atoms with E-state index in [1.165, 1.54) is 12.1 Å². The Labute approximate surface area is 196 Å². The predicted octanol–water partition coefficient (Wildman–Crippen LogP) is 0.340. The molecule has 1 aromatic heterocycles. The first-order chi connectivity index (χ1) is 15.9. The molecule has 182 valence electrons. The van der Waals surface area contributed by atoms with Crippen LogP contribution in [0.1, 0.15) is 11.7 Å². The number of aromatic nitrogens is 2. The molecule has 0 fully saturated rings. The molecule has 0 saturated heterocycles. The molecule has 5 N–H and O–H groups in total.